The van der Waals surface area contributed by atoms with E-state index in [1.807, 2.05) is 0 Å². The first-order valence-corrected chi connectivity index (χ1v) is 8.60. The van der Waals surface area contributed by atoms with Crippen LogP contribution >= 0.6 is 23.4 Å². The minimum absolute atomic E-state index is 0.0700. The van der Waals surface area contributed by atoms with Crippen molar-refractivity contribution in [3.63, 3.8) is 0 Å². The van der Waals surface area contributed by atoms with Gasteiger partial charge in [0.2, 0.25) is 0 Å². The van der Waals surface area contributed by atoms with Crippen LogP contribution in [0.2, 0.25) is 5.02 Å². The van der Waals surface area contributed by atoms with Crippen LogP contribution < -0.4 is 0 Å². The number of ketones is 1. The highest BCUT2D eigenvalue weighted by molar-refractivity contribution is 8.04. The number of nitrogens with zero attached hydrogens (tertiary/aromatic N) is 1. The number of para-hydroxylation sites is 1. The van der Waals surface area contributed by atoms with Crippen LogP contribution in [0.5, 0.6) is 0 Å². The average molecular weight is 392 g/mol. The molecule has 0 aliphatic carbocycles. The lowest BCUT2D eigenvalue weighted by Crippen LogP contribution is -2.07. The van der Waals surface area contributed by atoms with Gasteiger partial charge in [0, 0.05) is 11.1 Å². The molecule has 0 bridgehead atoms. The van der Waals surface area contributed by atoms with Gasteiger partial charge in [0.25, 0.3) is 5.69 Å². The molecular formula is C18H14ClNO5S. The number of Topliss-reactive ketones (excluding diaryl/α,β-unsaturated/α-hetero) is 1. The zero-order chi connectivity index (χ0) is 19.3. The summed E-state index contributed by atoms with van der Waals surface area (Å²) in [6, 6.07) is 12.1. The maximum Gasteiger partial charge on any atom is 0.343 e. The second-order valence-electron chi connectivity index (χ2n) is 5.16. The summed E-state index contributed by atoms with van der Waals surface area (Å²) < 4.78 is 5.26. The van der Waals surface area contributed by atoms with E-state index in [1.165, 1.54) is 44.2 Å². The molecule has 2 aromatic carbocycles. The lowest BCUT2D eigenvalue weighted by Gasteiger charge is -2.10. The fraction of sp³-hybridized carbons (Fsp3) is 0.111. The van der Waals surface area contributed by atoms with Crippen molar-refractivity contribution in [3.8, 4) is 0 Å². The molecule has 0 N–H and O–H groups in total. The maximum absolute atomic E-state index is 12.2. The second-order valence-corrected chi connectivity index (χ2v) is 6.65. The molecular weight excluding hydrogens is 378 g/mol. The van der Waals surface area contributed by atoms with E-state index in [0.29, 0.717) is 5.02 Å². The van der Waals surface area contributed by atoms with Gasteiger partial charge in [-0.25, -0.2) is 4.79 Å². The average Bonchev–Trinajstić information content (AvgIpc) is 2.59. The largest absolute Gasteiger partial charge is 0.426 e. The van der Waals surface area contributed by atoms with Crippen LogP contribution in [-0.4, -0.2) is 16.7 Å². The van der Waals surface area contributed by atoms with E-state index < -0.39 is 10.9 Å². The van der Waals surface area contributed by atoms with Gasteiger partial charge in [-0.1, -0.05) is 35.5 Å². The second kappa shape index (κ2) is 8.64. The Morgan fingerprint density at radius 3 is 2.27 bits per heavy atom. The first-order valence-electron chi connectivity index (χ1n) is 7.40. The first kappa shape index (κ1) is 19.7. The molecule has 0 unspecified atom stereocenters. The molecule has 0 spiro atoms. The normalized spacial score (nSPS) is 11.5. The van der Waals surface area contributed by atoms with Gasteiger partial charge in [0.1, 0.15) is 5.76 Å². The van der Waals surface area contributed by atoms with Crippen LogP contribution in [0.3, 0.4) is 0 Å². The van der Waals surface area contributed by atoms with Crippen LogP contribution in [0.4, 0.5) is 5.69 Å². The summed E-state index contributed by atoms with van der Waals surface area (Å²) in [6.45, 7) is 2.77. The summed E-state index contributed by atoms with van der Waals surface area (Å²) in [5.74, 6) is -0.948. The maximum atomic E-state index is 12.2. The Labute approximate surface area is 159 Å². The van der Waals surface area contributed by atoms with Crippen LogP contribution in [0, 0.1) is 10.1 Å². The lowest BCUT2D eigenvalue weighted by molar-refractivity contribution is -0.387. The van der Waals surface area contributed by atoms with Gasteiger partial charge in [-0.2, -0.15) is 0 Å². The highest BCUT2D eigenvalue weighted by Gasteiger charge is 2.20. The Balaban J connectivity index is 2.30. The molecule has 0 amide bonds. The van der Waals surface area contributed by atoms with Crippen LogP contribution in [0.1, 0.15) is 24.2 Å². The van der Waals surface area contributed by atoms with Gasteiger partial charge in [-0.05, 0) is 44.2 Å². The smallest absolute Gasteiger partial charge is 0.343 e. The molecule has 0 atom stereocenters. The molecule has 6 nitrogen and oxygen atoms in total. The third-order valence-electron chi connectivity index (χ3n) is 3.24. The summed E-state index contributed by atoms with van der Waals surface area (Å²) in [7, 11) is 0. The van der Waals surface area contributed by atoms with E-state index in [1.54, 1.807) is 18.2 Å². The van der Waals surface area contributed by atoms with Crippen molar-refractivity contribution in [1.82, 2.24) is 0 Å². The number of benzene rings is 2. The first-order chi connectivity index (χ1) is 12.3. The van der Waals surface area contributed by atoms with E-state index in [-0.39, 0.29) is 32.6 Å². The van der Waals surface area contributed by atoms with E-state index in [4.69, 9.17) is 16.3 Å². The van der Waals surface area contributed by atoms with Crippen molar-refractivity contribution in [2.24, 2.45) is 0 Å². The zero-order valence-corrected chi connectivity index (χ0v) is 15.5. The minimum Gasteiger partial charge on any atom is -0.426 e. The van der Waals surface area contributed by atoms with Gasteiger partial charge >= 0.3 is 5.97 Å². The minimum atomic E-state index is -0.652. The summed E-state index contributed by atoms with van der Waals surface area (Å²) in [4.78, 5) is 35.2. The summed E-state index contributed by atoms with van der Waals surface area (Å²) in [5, 5.41) is 11.6. The molecule has 134 valence electrons. The highest BCUT2D eigenvalue weighted by atomic mass is 35.5. The predicted octanol–water partition coefficient (Wildman–Crippen LogP) is 5.02. The molecule has 0 saturated heterocycles. The number of carbonyl (C=O) groups is 2. The van der Waals surface area contributed by atoms with Crippen molar-refractivity contribution in [3.05, 3.63) is 79.9 Å². The number of thioether (sulfide) groups is 1. The van der Waals surface area contributed by atoms with Gasteiger partial charge < -0.3 is 4.74 Å². The van der Waals surface area contributed by atoms with E-state index >= 15 is 0 Å². The molecule has 0 aliphatic rings. The molecule has 0 saturated carbocycles. The molecule has 26 heavy (non-hydrogen) atoms. The van der Waals surface area contributed by atoms with Crippen molar-refractivity contribution >= 4 is 40.8 Å². The molecule has 0 heterocycles. The fourth-order valence-corrected chi connectivity index (χ4v) is 3.09. The number of carbonyl (C=O) groups excluding carboxylic acids is 2. The Bertz CT molecular complexity index is 893. The van der Waals surface area contributed by atoms with E-state index in [2.05, 4.69) is 0 Å². The highest BCUT2D eigenvalue weighted by Crippen LogP contribution is 2.36. The third-order valence-corrected chi connectivity index (χ3v) is 4.84. The number of esters is 1. The number of halogens is 1. The number of ether oxygens (including phenoxy) is 1. The Hall–Kier alpha value is -2.64. The lowest BCUT2D eigenvalue weighted by atomic mass is 10.2. The predicted molar refractivity (Wildman–Crippen MR) is 99.2 cm³/mol. The number of nitro benzene ring substituents is 1. The molecule has 8 heteroatoms. The van der Waals surface area contributed by atoms with Crippen LogP contribution in [0.25, 0.3) is 0 Å². The SMILES string of the molecule is CC(=O)/C(Sc1ccccc1[N+](=O)[O-])=C(\C)OC(=O)c1ccc(Cl)cc1. The number of nitro groups is 1. The Kier molecular flexibility index (Phi) is 6.54. The third kappa shape index (κ3) is 4.93. The number of allylic oxidation sites excluding steroid dienone is 2. The summed E-state index contributed by atoms with van der Waals surface area (Å²) in [6.07, 6.45) is 0. The van der Waals surface area contributed by atoms with Crippen molar-refractivity contribution in [1.29, 1.82) is 0 Å². The molecule has 0 aromatic heterocycles. The van der Waals surface area contributed by atoms with E-state index in [0.717, 1.165) is 11.8 Å². The zero-order valence-electron chi connectivity index (χ0n) is 13.9. The van der Waals surface area contributed by atoms with Crippen molar-refractivity contribution < 1.29 is 19.2 Å². The molecule has 2 aromatic rings. The molecule has 0 aliphatic heterocycles. The van der Waals surface area contributed by atoms with Gasteiger partial charge in [0.15, 0.2) is 5.78 Å². The van der Waals surface area contributed by atoms with Crippen LogP contribution in [-0.2, 0) is 9.53 Å². The van der Waals surface area contributed by atoms with E-state index in [9.17, 15) is 19.7 Å². The standard InChI is InChI=1S/C18H14ClNO5S/c1-11(21)17(26-16-6-4-3-5-15(16)20(23)24)12(2)25-18(22)13-7-9-14(19)10-8-13/h3-10H,1-2H3/b17-12-. The number of hydrogen-bond acceptors (Lipinski definition) is 6. The monoisotopic (exact) mass is 391 g/mol. The Morgan fingerprint density at radius 2 is 1.69 bits per heavy atom. The number of rotatable bonds is 6. The summed E-state index contributed by atoms with van der Waals surface area (Å²) >= 11 is 6.67. The van der Waals surface area contributed by atoms with Crippen LogP contribution in [0.15, 0.2) is 64.1 Å². The van der Waals surface area contributed by atoms with Gasteiger partial charge in [-0.15, -0.1) is 0 Å². The number of hydrogen-bond donors (Lipinski definition) is 0. The fourth-order valence-electron chi connectivity index (χ4n) is 2.03. The van der Waals surface area contributed by atoms with Gasteiger partial charge in [0.05, 0.1) is 20.3 Å². The van der Waals surface area contributed by atoms with Gasteiger partial charge in [-0.3, -0.25) is 14.9 Å². The van der Waals surface area contributed by atoms with Crippen molar-refractivity contribution in [2.75, 3.05) is 0 Å². The molecule has 0 radical (unpaired) electrons. The van der Waals surface area contributed by atoms with Crippen molar-refractivity contribution in [2.45, 2.75) is 18.7 Å². The molecule has 2 rings (SSSR count). The Morgan fingerprint density at radius 1 is 1.08 bits per heavy atom. The molecule has 0 fully saturated rings. The summed E-state index contributed by atoms with van der Waals surface area (Å²) in [5.41, 5.74) is 0.139. The topological polar surface area (TPSA) is 86.5 Å². The quantitative estimate of drug-likeness (QED) is 0.172.